The number of nitrogens with one attached hydrogen (secondary N) is 2. The van der Waals surface area contributed by atoms with Crippen molar-refractivity contribution < 1.29 is 0 Å². The lowest BCUT2D eigenvalue weighted by atomic mass is 10.1. The van der Waals surface area contributed by atoms with E-state index < -0.39 is 0 Å². The van der Waals surface area contributed by atoms with E-state index in [1.165, 1.54) is 17.3 Å². The van der Waals surface area contributed by atoms with Gasteiger partial charge in [0.15, 0.2) is 0 Å². The Labute approximate surface area is 129 Å². The summed E-state index contributed by atoms with van der Waals surface area (Å²) in [5.41, 5.74) is 5.14. The zero-order valence-electron chi connectivity index (χ0n) is 12.5. The summed E-state index contributed by atoms with van der Waals surface area (Å²) in [6, 6.07) is 4.09. The van der Waals surface area contributed by atoms with Gasteiger partial charge in [-0.25, -0.2) is 4.98 Å². The molecule has 0 amide bonds. The average molecular weight is 301 g/mol. The molecule has 0 fully saturated rings. The minimum atomic E-state index is 0.642. The van der Waals surface area contributed by atoms with Gasteiger partial charge in [0, 0.05) is 18.4 Å². The highest BCUT2D eigenvalue weighted by Crippen LogP contribution is 2.17. The van der Waals surface area contributed by atoms with Gasteiger partial charge in [0.1, 0.15) is 11.1 Å². The summed E-state index contributed by atoms with van der Waals surface area (Å²) in [6.07, 6.45) is 4.69. The normalized spacial score (nSPS) is 10.6. The molecule has 0 saturated carbocycles. The van der Waals surface area contributed by atoms with Crippen LogP contribution in [-0.2, 0) is 13.0 Å². The van der Waals surface area contributed by atoms with Gasteiger partial charge in [-0.1, -0.05) is 0 Å². The van der Waals surface area contributed by atoms with E-state index in [0.29, 0.717) is 12.1 Å². The van der Waals surface area contributed by atoms with E-state index in [1.807, 2.05) is 32.4 Å². The third-order valence-corrected chi connectivity index (χ3v) is 4.10. The standard InChI is InChI=1S/C15H19N5S/c1-10-14(11(2)20-19-10)4-5-17-8-12-6-13(7-16)15(21-3)18-9-12/h6,9,17H,4-5,8H2,1-3H3,(H,19,20). The number of hydrogen-bond donors (Lipinski definition) is 2. The summed E-state index contributed by atoms with van der Waals surface area (Å²) >= 11 is 1.49. The lowest BCUT2D eigenvalue weighted by Gasteiger charge is -2.07. The van der Waals surface area contributed by atoms with Crippen LogP contribution in [0.4, 0.5) is 0 Å². The second-order valence-corrected chi connectivity index (χ2v) is 5.65. The first kappa shape index (κ1) is 15.5. The quantitative estimate of drug-likeness (QED) is 0.632. The topological polar surface area (TPSA) is 77.4 Å². The molecule has 2 N–H and O–H groups in total. The van der Waals surface area contributed by atoms with Crippen molar-refractivity contribution >= 4 is 11.8 Å². The first-order chi connectivity index (χ1) is 10.2. The maximum absolute atomic E-state index is 9.10. The van der Waals surface area contributed by atoms with Crippen molar-refractivity contribution in [3.8, 4) is 6.07 Å². The van der Waals surface area contributed by atoms with Crippen molar-refractivity contribution in [2.24, 2.45) is 0 Å². The maximum Gasteiger partial charge on any atom is 0.113 e. The first-order valence-electron chi connectivity index (χ1n) is 6.80. The summed E-state index contributed by atoms with van der Waals surface area (Å²) < 4.78 is 0. The number of nitrogens with zero attached hydrogens (tertiary/aromatic N) is 3. The van der Waals surface area contributed by atoms with Crippen molar-refractivity contribution in [1.82, 2.24) is 20.5 Å². The van der Waals surface area contributed by atoms with Crippen molar-refractivity contribution in [3.05, 3.63) is 40.3 Å². The number of aryl methyl sites for hydroxylation is 2. The molecule has 5 nitrogen and oxygen atoms in total. The number of thioether (sulfide) groups is 1. The number of aromatic amines is 1. The fraction of sp³-hybridized carbons (Fsp3) is 0.400. The molecule has 110 valence electrons. The number of rotatable bonds is 6. The zero-order valence-corrected chi connectivity index (χ0v) is 13.3. The lowest BCUT2D eigenvalue weighted by Crippen LogP contribution is -2.17. The lowest BCUT2D eigenvalue weighted by molar-refractivity contribution is 0.681. The Balaban J connectivity index is 1.88. The average Bonchev–Trinajstić information content (AvgIpc) is 2.82. The van der Waals surface area contributed by atoms with E-state index in [1.54, 1.807) is 0 Å². The maximum atomic E-state index is 9.10. The van der Waals surface area contributed by atoms with Gasteiger partial charge in [-0.2, -0.15) is 10.4 Å². The number of nitriles is 1. The zero-order chi connectivity index (χ0) is 15.2. The third kappa shape index (κ3) is 3.84. The van der Waals surface area contributed by atoms with Crippen LogP contribution in [0.25, 0.3) is 0 Å². The molecule has 0 aliphatic carbocycles. The Morgan fingerprint density at radius 3 is 2.86 bits per heavy atom. The summed E-state index contributed by atoms with van der Waals surface area (Å²) in [5, 5.41) is 20.5. The van der Waals surface area contributed by atoms with Crippen molar-refractivity contribution in [2.75, 3.05) is 12.8 Å². The molecule has 0 saturated heterocycles. The van der Waals surface area contributed by atoms with Gasteiger partial charge in [0.25, 0.3) is 0 Å². The minimum Gasteiger partial charge on any atom is -0.312 e. The van der Waals surface area contributed by atoms with Crippen LogP contribution in [0, 0.1) is 25.2 Å². The monoisotopic (exact) mass is 301 g/mol. The highest BCUT2D eigenvalue weighted by molar-refractivity contribution is 7.98. The molecule has 0 bridgehead atoms. The Kier molecular flexibility index (Phi) is 5.37. The van der Waals surface area contributed by atoms with Crippen LogP contribution in [0.3, 0.4) is 0 Å². The van der Waals surface area contributed by atoms with Gasteiger partial charge in [-0.05, 0) is 50.3 Å². The Morgan fingerprint density at radius 2 is 2.24 bits per heavy atom. The molecule has 21 heavy (non-hydrogen) atoms. The Bertz CT molecular complexity index is 637. The first-order valence-corrected chi connectivity index (χ1v) is 8.02. The molecule has 0 atom stereocenters. The van der Waals surface area contributed by atoms with Crippen molar-refractivity contribution in [1.29, 1.82) is 5.26 Å². The molecule has 0 aliphatic rings. The summed E-state index contributed by atoms with van der Waals surface area (Å²) in [6.45, 7) is 5.64. The molecule has 2 heterocycles. The summed E-state index contributed by atoms with van der Waals surface area (Å²) in [7, 11) is 0. The van der Waals surface area contributed by atoms with Crippen LogP contribution in [0.2, 0.25) is 0 Å². The van der Waals surface area contributed by atoms with Gasteiger partial charge in [0.05, 0.1) is 11.3 Å². The fourth-order valence-corrected chi connectivity index (χ4v) is 2.71. The van der Waals surface area contributed by atoms with Crippen LogP contribution in [0.1, 0.15) is 28.1 Å². The van der Waals surface area contributed by atoms with E-state index in [-0.39, 0.29) is 0 Å². The third-order valence-electron chi connectivity index (χ3n) is 3.38. The Morgan fingerprint density at radius 1 is 1.43 bits per heavy atom. The SMILES string of the molecule is CSc1ncc(CNCCc2c(C)n[nH]c2C)cc1C#N. The summed E-state index contributed by atoms with van der Waals surface area (Å²) in [5.74, 6) is 0. The number of hydrogen-bond acceptors (Lipinski definition) is 5. The summed E-state index contributed by atoms with van der Waals surface area (Å²) in [4.78, 5) is 4.31. The number of pyridine rings is 1. The van der Waals surface area contributed by atoms with Gasteiger partial charge in [-0.15, -0.1) is 11.8 Å². The smallest absolute Gasteiger partial charge is 0.113 e. The fourth-order valence-electron chi connectivity index (χ4n) is 2.22. The minimum absolute atomic E-state index is 0.642. The second-order valence-electron chi connectivity index (χ2n) is 4.85. The highest BCUT2D eigenvalue weighted by Gasteiger charge is 2.06. The van der Waals surface area contributed by atoms with Gasteiger partial charge in [0.2, 0.25) is 0 Å². The van der Waals surface area contributed by atoms with Gasteiger partial charge < -0.3 is 5.32 Å². The van der Waals surface area contributed by atoms with E-state index in [9.17, 15) is 0 Å². The van der Waals surface area contributed by atoms with Crippen LogP contribution in [0.5, 0.6) is 0 Å². The van der Waals surface area contributed by atoms with Crippen LogP contribution in [0.15, 0.2) is 17.3 Å². The highest BCUT2D eigenvalue weighted by atomic mass is 32.2. The molecule has 6 heteroatoms. The molecule has 0 spiro atoms. The number of H-pyrrole nitrogens is 1. The molecular formula is C15H19N5S. The van der Waals surface area contributed by atoms with Gasteiger partial charge >= 0.3 is 0 Å². The van der Waals surface area contributed by atoms with Gasteiger partial charge in [-0.3, -0.25) is 5.10 Å². The van der Waals surface area contributed by atoms with E-state index in [4.69, 9.17) is 5.26 Å². The second kappa shape index (κ2) is 7.25. The van der Waals surface area contributed by atoms with E-state index >= 15 is 0 Å². The predicted octanol–water partition coefficient (Wildman–Crippen LogP) is 2.35. The molecular weight excluding hydrogens is 282 g/mol. The molecule has 2 aromatic rings. The van der Waals surface area contributed by atoms with Crippen molar-refractivity contribution in [3.63, 3.8) is 0 Å². The largest absolute Gasteiger partial charge is 0.312 e. The molecule has 0 aliphatic heterocycles. The van der Waals surface area contributed by atoms with E-state index in [2.05, 4.69) is 26.6 Å². The predicted molar refractivity (Wildman–Crippen MR) is 84.2 cm³/mol. The number of aromatic nitrogens is 3. The molecule has 2 aromatic heterocycles. The molecule has 0 unspecified atom stereocenters. The van der Waals surface area contributed by atoms with Crippen LogP contribution in [-0.4, -0.2) is 28.0 Å². The van der Waals surface area contributed by atoms with Crippen LogP contribution < -0.4 is 5.32 Å². The van der Waals surface area contributed by atoms with E-state index in [0.717, 1.165) is 34.9 Å². The van der Waals surface area contributed by atoms with Crippen molar-refractivity contribution in [2.45, 2.75) is 31.8 Å². The molecule has 0 aromatic carbocycles. The Hall–Kier alpha value is -1.84. The molecule has 0 radical (unpaired) electrons. The molecule has 2 rings (SSSR count). The van der Waals surface area contributed by atoms with Crippen LogP contribution >= 0.6 is 11.8 Å².